The van der Waals surface area contributed by atoms with E-state index in [2.05, 4.69) is 81.9 Å². The lowest BCUT2D eigenvalue weighted by atomic mass is 9.91. The third kappa shape index (κ3) is 2.45. The molecule has 0 saturated carbocycles. The van der Waals surface area contributed by atoms with E-state index in [1.165, 1.54) is 21.9 Å². The van der Waals surface area contributed by atoms with Crippen molar-refractivity contribution in [1.29, 1.82) is 0 Å². The number of ether oxygens (including phenoxy) is 1. The SMILES string of the molecule is Cc1ccc2cccc3c2c1-c1c(c2cc(CC(C)(C)C)oc2c[n+]1C)O3. The molecule has 0 unspecified atom stereocenters. The molecule has 2 aromatic carbocycles. The second-order valence-corrected chi connectivity index (χ2v) is 8.86. The van der Waals surface area contributed by atoms with Gasteiger partial charge in [0.1, 0.15) is 18.6 Å². The maximum Gasteiger partial charge on any atom is 0.257 e. The van der Waals surface area contributed by atoms with Crippen LogP contribution in [0.5, 0.6) is 11.5 Å². The fourth-order valence-corrected chi connectivity index (χ4v) is 4.21. The summed E-state index contributed by atoms with van der Waals surface area (Å²) in [5.41, 5.74) is 4.68. The predicted molar refractivity (Wildman–Crippen MR) is 108 cm³/mol. The molecule has 5 rings (SSSR count). The Balaban J connectivity index is 1.84. The molecule has 3 heteroatoms. The summed E-state index contributed by atoms with van der Waals surface area (Å²) in [6.07, 6.45) is 2.97. The molecule has 0 fully saturated rings. The van der Waals surface area contributed by atoms with Gasteiger partial charge in [-0.05, 0) is 35.4 Å². The van der Waals surface area contributed by atoms with Crippen molar-refractivity contribution in [3.63, 3.8) is 0 Å². The summed E-state index contributed by atoms with van der Waals surface area (Å²) in [6, 6.07) is 12.8. The number of hydrogen-bond donors (Lipinski definition) is 0. The van der Waals surface area contributed by atoms with Crippen molar-refractivity contribution in [2.45, 2.75) is 34.1 Å². The number of benzene rings is 2. The zero-order valence-corrected chi connectivity index (χ0v) is 16.5. The first-order chi connectivity index (χ1) is 12.8. The number of rotatable bonds is 1. The Bertz CT molecular complexity index is 1230. The lowest BCUT2D eigenvalue weighted by Crippen LogP contribution is -2.32. The summed E-state index contributed by atoms with van der Waals surface area (Å²) >= 11 is 0. The summed E-state index contributed by atoms with van der Waals surface area (Å²) in [5, 5.41) is 3.45. The largest absolute Gasteiger partial charge is 0.455 e. The number of hydrogen-bond acceptors (Lipinski definition) is 2. The van der Waals surface area contributed by atoms with Gasteiger partial charge in [-0.25, -0.2) is 0 Å². The second-order valence-electron chi connectivity index (χ2n) is 8.86. The Morgan fingerprint density at radius 2 is 1.89 bits per heavy atom. The number of aryl methyl sites for hydroxylation is 2. The number of pyridine rings is 1. The summed E-state index contributed by atoms with van der Waals surface area (Å²) in [7, 11) is 2.07. The second kappa shape index (κ2) is 5.35. The standard InChI is InChI=1S/C24H24NO2/c1-14-9-10-15-7-6-8-18-21(15)20(14)22-23(27-18)17-11-16(12-24(2,3)4)26-19(17)13-25(22)5/h6-11,13H,12H2,1-5H3/q+1. The minimum atomic E-state index is 0.172. The van der Waals surface area contributed by atoms with E-state index in [0.717, 1.165) is 40.3 Å². The molecule has 136 valence electrons. The van der Waals surface area contributed by atoms with Crippen molar-refractivity contribution in [3.05, 3.63) is 53.9 Å². The van der Waals surface area contributed by atoms with Gasteiger partial charge in [-0.2, -0.15) is 4.57 Å². The van der Waals surface area contributed by atoms with Gasteiger partial charge in [-0.1, -0.05) is 45.0 Å². The van der Waals surface area contributed by atoms with Crippen molar-refractivity contribution >= 4 is 21.7 Å². The molecule has 3 heterocycles. The Morgan fingerprint density at radius 3 is 2.67 bits per heavy atom. The van der Waals surface area contributed by atoms with E-state index in [1.807, 2.05) is 0 Å². The smallest absolute Gasteiger partial charge is 0.257 e. The molecule has 1 aliphatic heterocycles. The van der Waals surface area contributed by atoms with E-state index in [1.54, 1.807) is 0 Å². The molecule has 3 nitrogen and oxygen atoms in total. The van der Waals surface area contributed by atoms with Crippen LogP contribution in [-0.4, -0.2) is 0 Å². The molecule has 0 saturated heterocycles. The molecule has 0 radical (unpaired) electrons. The van der Waals surface area contributed by atoms with Crippen LogP contribution < -0.4 is 9.30 Å². The molecular formula is C24H24NO2+. The molecule has 4 aromatic rings. The number of aromatic nitrogens is 1. The Hall–Kier alpha value is -2.81. The van der Waals surface area contributed by atoms with Gasteiger partial charge in [0.15, 0.2) is 0 Å². The molecule has 0 atom stereocenters. The maximum atomic E-state index is 6.46. The zero-order chi connectivity index (χ0) is 18.9. The van der Waals surface area contributed by atoms with Crippen LogP contribution in [-0.2, 0) is 13.5 Å². The van der Waals surface area contributed by atoms with Gasteiger partial charge >= 0.3 is 0 Å². The number of nitrogens with zero attached hydrogens (tertiary/aromatic N) is 1. The van der Waals surface area contributed by atoms with Crippen LogP contribution >= 0.6 is 0 Å². The zero-order valence-electron chi connectivity index (χ0n) is 16.5. The lowest BCUT2D eigenvalue weighted by Gasteiger charge is -2.20. The van der Waals surface area contributed by atoms with Gasteiger partial charge in [-0.3, -0.25) is 0 Å². The molecule has 0 aliphatic carbocycles. The summed E-state index contributed by atoms with van der Waals surface area (Å²) in [6.45, 7) is 8.86. The molecule has 2 aromatic heterocycles. The van der Waals surface area contributed by atoms with E-state index in [9.17, 15) is 0 Å². The average molecular weight is 358 g/mol. The van der Waals surface area contributed by atoms with Crippen molar-refractivity contribution < 1.29 is 13.7 Å². The van der Waals surface area contributed by atoms with E-state index in [0.29, 0.717) is 0 Å². The van der Waals surface area contributed by atoms with Crippen LogP contribution in [0, 0.1) is 12.3 Å². The van der Waals surface area contributed by atoms with Crippen molar-refractivity contribution in [1.82, 2.24) is 0 Å². The average Bonchev–Trinajstić information content (AvgIpc) is 2.97. The lowest BCUT2D eigenvalue weighted by molar-refractivity contribution is -0.659. The van der Waals surface area contributed by atoms with Gasteiger partial charge in [0.25, 0.3) is 5.69 Å². The molecule has 1 aliphatic rings. The third-order valence-electron chi connectivity index (χ3n) is 5.30. The van der Waals surface area contributed by atoms with Crippen molar-refractivity contribution in [2.24, 2.45) is 12.5 Å². The van der Waals surface area contributed by atoms with E-state index >= 15 is 0 Å². The fourth-order valence-electron chi connectivity index (χ4n) is 4.21. The topological polar surface area (TPSA) is 26.2 Å². The first-order valence-corrected chi connectivity index (χ1v) is 9.47. The molecule has 0 bridgehead atoms. The minimum Gasteiger partial charge on any atom is -0.455 e. The van der Waals surface area contributed by atoms with Crippen molar-refractivity contribution in [2.75, 3.05) is 0 Å². The molecule has 0 N–H and O–H groups in total. The van der Waals surface area contributed by atoms with Crippen molar-refractivity contribution in [3.8, 4) is 22.8 Å². The normalized spacial score (nSPS) is 13.1. The van der Waals surface area contributed by atoms with Gasteiger partial charge in [-0.15, -0.1) is 0 Å². The van der Waals surface area contributed by atoms with Crippen LogP contribution in [0.3, 0.4) is 0 Å². The van der Waals surface area contributed by atoms with Crippen LogP contribution in [0.1, 0.15) is 32.1 Å². The van der Waals surface area contributed by atoms with Crippen LogP contribution in [0.4, 0.5) is 0 Å². The molecular weight excluding hydrogens is 334 g/mol. The highest BCUT2D eigenvalue weighted by Gasteiger charge is 2.32. The first-order valence-electron chi connectivity index (χ1n) is 9.47. The highest BCUT2D eigenvalue weighted by molar-refractivity contribution is 6.06. The van der Waals surface area contributed by atoms with Crippen LogP contribution in [0.15, 0.2) is 47.0 Å². The Morgan fingerprint density at radius 1 is 1.07 bits per heavy atom. The maximum absolute atomic E-state index is 6.46. The summed E-state index contributed by atoms with van der Waals surface area (Å²) < 4.78 is 14.8. The van der Waals surface area contributed by atoms with Gasteiger partial charge in [0.05, 0.1) is 10.9 Å². The first kappa shape index (κ1) is 16.4. The quantitative estimate of drug-likeness (QED) is 0.339. The molecule has 0 amide bonds. The van der Waals surface area contributed by atoms with Crippen LogP contribution in [0.25, 0.3) is 33.0 Å². The minimum absolute atomic E-state index is 0.172. The predicted octanol–water partition coefficient (Wildman–Crippen LogP) is 6.08. The highest BCUT2D eigenvalue weighted by atomic mass is 16.5. The van der Waals surface area contributed by atoms with E-state index in [-0.39, 0.29) is 5.41 Å². The van der Waals surface area contributed by atoms with Crippen LogP contribution in [0.2, 0.25) is 0 Å². The monoisotopic (exact) mass is 358 g/mol. The number of furan rings is 1. The summed E-state index contributed by atoms with van der Waals surface area (Å²) in [5.74, 6) is 2.82. The number of fused-ring (bicyclic) bond motifs is 4. The third-order valence-corrected chi connectivity index (χ3v) is 5.30. The fraction of sp³-hybridized carbons (Fsp3) is 0.292. The Labute approximate surface area is 159 Å². The van der Waals surface area contributed by atoms with E-state index in [4.69, 9.17) is 9.15 Å². The summed E-state index contributed by atoms with van der Waals surface area (Å²) in [4.78, 5) is 0. The van der Waals surface area contributed by atoms with Gasteiger partial charge < -0.3 is 9.15 Å². The Kier molecular flexibility index (Phi) is 3.24. The van der Waals surface area contributed by atoms with Gasteiger partial charge in [0.2, 0.25) is 17.5 Å². The highest BCUT2D eigenvalue weighted by Crippen LogP contribution is 2.49. The van der Waals surface area contributed by atoms with Gasteiger partial charge in [0, 0.05) is 11.8 Å². The van der Waals surface area contributed by atoms with E-state index < -0.39 is 0 Å². The molecule has 0 spiro atoms. The molecule has 27 heavy (non-hydrogen) atoms.